The molecular weight excluding hydrogens is 343 g/mol. The number of carbonyl (C=O) groups excluding carboxylic acids is 1. The molecule has 1 fully saturated rings. The van der Waals surface area contributed by atoms with Crippen LogP contribution in [0.4, 0.5) is 4.39 Å². The Morgan fingerprint density at radius 1 is 1.11 bits per heavy atom. The largest absolute Gasteiger partial charge is 0.472 e. The lowest BCUT2D eigenvalue weighted by Gasteiger charge is -2.21. The van der Waals surface area contributed by atoms with Crippen LogP contribution in [-0.2, 0) is 0 Å². The summed E-state index contributed by atoms with van der Waals surface area (Å²) in [5.74, 6) is 6.05. The van der Waals surface area contributed by atoms with Crippen molar-refractivity contribution in [3.63, 3.8) is 0 Å². The molecule has 1 aliphatic rings. The van der Waals surface area contributed by atoms with E-state index in [1.807, 2.05) is 6.07 Å². The quantitative estimate of drug-likeness (QED) is 0.413. The van der Waals surface area contributed by atoms with Crippen molar-refractivity contribution >= 4 is 5.97 Å². The summed E-state index contributed by atoms with van der Waals surface area (Å²) in [5, 5.41) is 0. The van der Waals surface area contributed by atoms with Crippen molar-refractivity contribution in [2.24, 2.45) is 5.92 Å². The molecule has 3 nitrogen and oxygen atoms in total. The van der Waals surface area contributed by atoms with Crippen LogP contribution >= 0.6 is 0 Å². The van der Waals surface area contributed by atoms with Crippen molar-refractivity contribution in [2.45, 2.75) is 45.1 Å². The average Bonchev–Trinajstić information content (AvgIpc) is 3.16. The second kappa shape index (κ2) is 8.26. The third-order valence-corrected chi connectivity index (χ3v) is 4.42. The van der Waals surface area contributed by atoms with Crippen molar-refractivity contribution in [1.82, 2.24) is 0 Å². The summed E-state index contributed by atoms with van der Waals surface area (Å²) in [5.41, 5.74) is -0.638. The van der Waals surface area contributed by atoms with E-state index >= 15 is 0 Å². The second-order valence-corrected chi connectivity index (χ2v) is 7.21. The number of esters is 1. The van der Waals surface area contributed by atoms with E-state index in [-0.39, 0.29) is 11.3 Å². The number of rotatable bonds is 4. The summed E-state index contributed by atoms with van der Waals surface area (Å²) in [4.78, 5) is 12.3. The first-order valence-electron chi connectivity index (χ1n) is 9.21. The summed E-state index contributed by atoms with van der Waals surface area (Å²) < 4.78 is 25.3. The third kappa shape index (κ3) is 5.34. The van der Waals surface area contributed by atoms with Gasteiger partial charge in [-0.3, -0.25) is 0 Å². The molecule has 3 rings (SSSR count). The molecule has 0 atom stereocenters. The highest BCUT2D eigenvalue weighted by Crippen LogP contribution is 2.26. The maximum Gasteiger partial charge on any atom is 0.343 e. The Morgan fingerprint density at radius 3 is 2.52 bits per heavy atom. The van der Waals surface area contributed by atoms with Crippen LogP contribution in [0, 0.1) is 23.6 Å². The molecule has 1 saturated carbocycles. The van der Waals surface area contributed by atoms with Crippen LogP contribution in [0.5, 0.6) is 11.5 Å². The summed E-state index contributed by atoms with van der Waals surface area (Å²) in [6.07, 6.45) is 4.64. The highest BCUT2D eigenvalue weighted by atomic mass is 19.1. The van der Waals surface area contributed by atoms with Gasteiger partial charge in [0.15, 0.2) is 17.2 Å². The van der Waals surface area contributed by atoms with Gasteiger partial charge in [0, 0.05) is 5.92 Å². The minimum Gasteiger partial charge on any atom is -0.472 e. The van der Waals surface area contributed by atoms with Crippen LogP contribution in [0.25, 0.3) is 0 Å². The summed E-state index contributed by atoms with van der Waals surface area (Å²) in [7, 11) is 0. The molecule has 0 aromatic heterocycles. The minimum atomic E-state index is -0.856. The number of ether oxygens (including phenoxy) is 2. The number of halogens is 1. The molecule has 0 N–H and O–H groups in total. The van der Waals surface area contributed by atoms with E-state index in [0.29, 0.717) is 11.7 Å². The van der Waals surface area contributed by atoms with E-state index in [0.717, 1.165) is 12.8 Å². The number of benzene rings is 2. The van der Waals surface area contributed by atoms with Gasteiger partial charge in [0.05, 0.1) is 5.56 Å². The van der Waals surface area contributed by atoms with Crippen LogP contribution in [0.1, 0.15) is 49.9 Å². The zero-order valence-electron chi connectivity index (χ0n) is 15.6. The predicted octanol–water partition coefficient (Wildman–Crippen LogP) is 5.40. The Labute approximate surface area is 159 Å². The Morgan fingerprint density at radius 2 is 1.81 bits per heavy atom. The molecule has 0 bridgehead atoms. The van der Waals surface area contributed by atoms with E-state index in [1.54, 1.807) is 38.1 Å². The third-order valence-electron chi connectivity index (χ3n) is 4.42. The Bertz CT molecular complexity index is 856. The van der Waals surface area contributed by atoms with Crippen molar-refractivity contribution in [3.8, 4) is 23.3 Å². The molecule has 1 aliphatic carbocycles. The van der Waals surface area contributed by atoms with Gasteiger partial charge in [0.25, 0.3) is 0 Å². The molecule has 2 aromatic rings. The van der Waals surface area contributed by atoms with Gasteiger partial charge in [0.1, 0.15) is 5.75 Å². The highest BCUT2D eigenvalue weighted by Gasteiger charge is 2.21. The molecule has 0 radical (unpaired) electrons. The molecule has 4 heteroatoms. The van der Waals surface area contributed by atoms with E-state index in [4.69, 9.17) is 9.47 Å². The van der Waals surface area contributed by atoms with Crippen LogP contribution in [0.3, 0.4) is 0 Å². The molecular formula is C23H23FO3. The average molecular weight is 366 g/mol. The van der Waals surface area contributed by atoms with Gasteiger partial charge in [-0.15, -0.1) is 0 Å². The SMILES string of the molecule is CC(C)(C#CC1CCCC1)Oc1cc(C(=O)Oc2ccccc2)ccc1F. The van der Waals surface area contributed by atoms with Gasteiger partial charge < -0.3 is 9.47 Å². The minimum absolute atomic E-state index is 0.0109. The molecule has 2 aromatic carbocycles. The van der Waals surface area contributed by atoms with Crippen molar-refractivity contribution < 1.29 is 18.7 Å². The topological polar surface area (TPSA) is 35.5 Å². The number of carbonyl (C=O) groups is 1. The fourth-order valence-electron chi connectivity index (χ4n) is 3.01. The lowest BCUT2D eigenvalue weighted by Crippen LogP contribution is -2.27. The molecule has 0 unspecified atom stereocenters. The lowest BCUT2D eigenvalue weighted by molar-refractivity contribution is 0.0733. The summed E-state index contributed by atoms with van der Waals surface area (Å²) >= 11 is 0. The maximum absolute atomic E-state index is 14.2. The Kier molecular flexibility index (Phi) is 5.81. The van der Waals surface area contributed by atoms with Gasteiger partial charge in [-0.25, -0.2) is 9.18 Å². The fourth-order valence-corrected chi connectivity index (χ4v) is 3.01. The second-order valence-electron chi connectivity index (χ2n) is 7.21. The van der Waals surface area contributed by atoms with Crippen molar-refractivity contribution in [3.05, 3.63) is 59.9 Å². The van der Waals surface area contributed by atoms with Crippen LogP contribution in [-0.4, -0.2) is 11.6 Å². The monoisotopic (exact) mass is 366 g/mol. The van der Waals surface area contributed by atoms with Crippen LogP contribution < -0.4 is 9.47 Å². The van der Waals surface area contributed by atoms with Crippen LogP contribution in [0.15, 0.2) is 48.5 Å². The molecule has 0 aliphatic heterocycles. The van der Waals surface area contributed by atoms with E-state index in [9.17, 15) is 9.18 Å². The Hall–Kier alpha value is -2.80. The van der Waals surface area contributed by atoms with Gasteiger partial charge >= 0.3 is 5.97 Å². The molecule has 0 heterocycles. The molecule has 0 amide bonds. The number of hydrogen-bond acceptors (Lipinski definition) is 3. The van der Waals surface area contributed by atoms with Crippen LogP contribution in [0.2, 0.25) is 0 Å². The highest BCUT2D eigenvalue weighted by molar-refractivity contribution is 5.91. The van der Waals surface area contributed by atoms with Gasteiger partial charge in [-0.2, -0.15) is 0 Å². The number of para-hydroxylation sites is 1. The smallest absolute Gasteiger partial charge is 0.343 e. The summed E-state index contributed by atoms with van der Waals surface area (Å²) in [6.45, 7) is 3.59. The van der Waals surface area contributed by atoms with E-state index in [2.05, 4.69) is 11.8 Å². The Balaban J connectivity index is 1.73. The fraction of sp³-hybridized carbons (Fsp3) is 0.348. The molecule has 27 heavy (non-hydrogen) atoms. The molecule has 140 valence electrons. The molecule has 0 saturated heterocycles. The predicted molar refractivity (Wildman–Crippen MR) is 102 cm³/mol. The van der Waals surface area contributed by atoms with E-state index in [1.165, 1.54) is 31.0 Å². The summed E-state index contributed by atoms with van der Waals surface area (Å²) in [6, 6.07) is 12.7. The van der Waals surface area contributed by atoms with Gasteiger partial charge in [-0.05, 0) is 57.0 Å². The van der Waals surface area contributed by atoms with Gasteiger partial charge in [-0.1, -0.05) is 42.9 Å². The first-order valence-corrected chi connectivity index (χ1v) is 9.21. The first kappa shape index (κ1) is 19.0. The standard InChI is InChI=1S/C23H23FO3/c1-23(2,15-14-17-8-6-7-9-17)27-21-16-18(12-13-20(21)24)22(25)26-19-10-4-3-5-11-19/h3-5,10-13,16-17H,6-9H2,1-2H3. The zero-order chi connectivity index (χ0) is 19.3. The normalized spacial score (nSPS) is 14.3. The first-order chi connectivity index (χ1) is 12.9. The van der Waals surface area contributed by atoms with Gasteiger partial charge in [0.2, 0.25) is 0 Å². The molecule has 0 spiro atoms. The lowest BCUT2D eigenvalue weighted by atomic mass is 10.1. The van der Waals surface area contributed by atoms with Crippen molar-refractivity contribution in [2.75, 3.05) is 0 Å². The van der Waals surface area contributed by atoms with E-state index < -0.39 is 17.4 Å². The number of hydrogen-bond donors (Lipinski definition) is 0. The van der Waals surface area contributed by atoms with Crippen molar-refractivity contribution in [1.29, 1.82) is 0 Å². The zero-order valence-corrected chi connectivity index (χ0v) is 15.6. The maximum atomic E-state index is 14.2.